The molecule has 0 aromatic heterocycles. The highest BCUT2D eigenvalue weighted by molar-refractivity contribution is 5.72. The summed E-state index contributed by atoms with van der Waals surface area (Å²) in [5.74, 6) is 0.975. The van der Waals surface area contributed by atoms with Crippen molar-refractivity contribution < 1.29 is 9.53 Å². The lowest BCUT2D eigenvalue weighted by Gasteiger charge is -2.34. The van der Waals surface area contributed by atoms with Crippen molar-refractivity contribution in [2.45, 2.75) is 59.5 Å². The minimum Gasteiger partial charge on any atom is -0.459 e. The van der Waals surface area contributed by atoms with Gasteiger partial charge in [-0.1, -0.05) is 27.7 Å². The van der Waals surface area contributed by atoms with E-state index in [0.717, 1.165) is 6.42 Å². The fourth-order valence-electron chi connectivity index (χ4n) is 2.24. The minimum absolute atomic E-state index is 0.0272. The van der Waals surface area contributed by atoms with Crippen molar-refractivity contribution in [2.75, 3.05) is 0 Å². The summed E-state index contributed by atoms with van der Waals surface area (Å²) in [7, 11) is 0. The molecule has 0 bridgehead atoms. The molecule has 1 rings (SSSR count). The van der Waals surface area contributed by atoms with Gasteiger partial charge in [0.25, 0.3) is 0 Å². The van der Waals surface area contributed by atoms with Gasteiger partial charge in [-0.15, -0.1) is 0 Å². The molecule has 2 heteroatoms. The van der Waals surface area contributed by atoms with Gasteiger partial charge in [-0.2, -0.15) is 0 Å². The Labute approximate surface area is 93.4 Å². The predicted molar refractivity (Wildman–Crippen MR) is 61.5 cm³/mol. The molecule has 0 saturated heterocycles. The van der Waals surface area contributed by atoms with Crippen LogP contribution in [0.2, 0.25) is 0 Å². The van der Waals surface area contributed by atoms with Gasteiger partial charge in [0.2, 0.25) is 0 Å². The van der Waals surface area contributed by atoms with Gasteiger partial charge in [0.1, 0.15) is 5.60 Å². The SMILES string of the molecule is CCC(C)C(=O)OC1(C)C(C)CCC1C. The number of hydrogen-bond donors (Lipinski definition) is 0. The second-order valence-electron chi connectivity index (χ2n) is 5.29. The lowest BCUT2D eigenvalue weighted by atomic mass is 9.87. The van der Waals surface area contributed by atoms with Crippen LogP contribution in [0.4, 0.5) is 0 Å². The quantitative estimate of drug-likeness (QED) is 0.670. The smallest absolute Gasteiger partial charge is 0.309 e. The number of hydrogen-bond acceptors (Lipinski definition) is 2. The summed E-state index contributed by atoms with van der Waals surface area (Å²) in [6.07, 6.45) is 3.20. The zero-order chi connectivity index (χ0) is 11.6. The second kappa shape index (κ2) is 4.54. The van der Waals surface area contributed by atoms with Crippen molar-refractivity contribution >= 4 is 5.97 Å². The standard InChI is InChI=1S/C13H24O2/c1-6-9(2)12(14)15-13(5)10(3)7-8-11(13)4/h9-11H,6-8H2,1-5H3. The molecule has 1 aliphatic rings. The van der Waals surface area contributed by atoms with E-state index in [-0.39, 0.29) is 17.5 Å². The summed E-state index contributed by atoms with van der Waals surface area (Å²) >= 11 is 0. The van der Waals surface area contributed by atoms with Gasteiger partial charge >= 0.3 is 5.97 Å². The molecule has 0 heterocycles. The van der Waals surface area contributed by atoms with E-state index in [1.54, 1.807) is 0 Å². The summed E-state index contributed by atoms with van der Waals surface area (Å²) in [5.41, 5.74) is -0.236. The Balaban J connectivity index is 2.67. The Morgan fingerprint density at radius 3 is 2.27 bits per heavy atom. The molecule has 1 fully saturated rings. The summed E-state index contributed by atoms with van der Waals surface area (Å²) in [6, 6.07) is 0. The average molecular weight is 212 g/mol. The van der Waals surface area contributed by atoms with Crippen LogP contribution in [0.25, 0.3) is 0 Å². The molecule has 0 N–H and O–H groups in total. The highest BCUT2D eigenvalue weighted by atomic mass is 16.6. The van der Waals surface area contributed by atoms with Gasteiger partial charge < -0.3 is 4.74 Å². The summed E-state index contributed by atoms with van der Waals surface area (Å²) in [5, 5.41) is 0. The van der Waals surface area contributed by atoms with Crippen LogP contribution in [-0.4, -0.2) is 11.6 Å². The van der Waals surface area contributed by atoms with Crippen LogP contribution in [0.3, 0.4) is 0 Å². The molecule has 2 nitrogen and oxygen atoms in total. The van der Waals surface area contributed by atoms with E-state index in [4.69, 9.17) is 4.74 Å². The highest BCUT2D eigenvalue weighted by Crippen LogP contribution is 2.43. The first kappa shape index (κ1) is 12.5. The van der Waals surface area contributed by atoms with E-state index < -0.39 is 0 Å². The van der Waals surface area contributed by atoms with Crippen LogP contribution in [0.5, 0.6) is 0 Å². The van der Waals surface area contributed by atoms with Gasteiger partial charge in [0.15, 0.2) is 0 Å². The number of ether oxygens (including phenoxy) is 1. The van der Waals surface area contributed by atoms with Crippen LogP contribution in [0, 0.1) is 17.8 Å². The lowest BCUT2D eigenvalue weighted by molar-refractivity contribution is -0.170. The number of rotatable bonds is 3. The molecule has 0 aromatic rings. The number of carbonyl (C=O) groups is 1. The van der Waals surface area contributed by atoms with Crippen molar-refractivity contribution in [2.24, 2.45) is 17.8 Å². The Kier molecular flexibility index (Phi) is 3.80. The Morgan fingerprint density at radius 2 is 1.87 bits per heavy atom. The Hall–Kier alpha value is -0.530. The first-order valence-electron chi connectivity index (χ1n) is 6.14. The molecule has 0 radical (unpaired) electrons. The first-order valence-corrected chi connectivity index (χ1v) is 6.14. The van der Waals surface area contributed by atoms with Crippen LogP contribution in [0.15, 0.2) is 0 Å². The molecule has 3 atom stereocenters. The van der Waals surface area contributed by atoms with E-state index in [0.29, 0.717) is 11.8 Å². The molecular weight excluding hydrogens is 188 g/mol. The number of carbonyl (C=O) groups excluding carboxylic acids is 1. The van der Waals surface area contributed by atoms with Gasteiger partial charge in [0.05, 0.1) is 5.92 Å². The third-order valence-corrected chi connectivity index (χ3v) is 4.32. The Bertz CT molecular complexity index is 225. The maximum Gasteiger partial charge on any atom is 0.309 e. The van der Waals surface area contributed by atoms with Crippen LogP contribution >= 0.6 is 0 Å². The molecule has 15 heavy (non-hydrogen) atoms. The largest absolute Gasteiger partial charge is 0.459 e. The van der Waals surface area contributed by atoms with Crippen molar-refractivity contribution in [1.29, 1.82) is 0 Å². The fourth-order valence-corrected chi connectivity index (χ4v) is 2.24. The monoisotopic (exact) mass is 212 g/mol. The van der Waals surface area contributed by atoms with E-state index in [9.17, 15) is 4.79 Å². The molecular formula is C13H24O2. The molecule has 0 aromatic carbocycles. The molecule has 88 valence electrons. The van der Waals surface area contributed by atoms with Crippen LogP contribution in [-0.2, 0) is 9.53 Å². The molecule has 0 aliphatic heterocycles. The topological polar surface area (TPSA) is 26.3 Å². The van der Waals surface area contributed by atoms with Crippen molar-refractivity contribution in [3.05, 3.63) is 0 Å². The highest BCUT2D eigenvalue weighted by Gasteiger charge is 2.45. The zero-order valence-electron chi connectivity index (χ0n) is 10.7. The van der Waals surface area contributed by atoms with Gasteiger partial charge in [-0.05, 0) is 38.0 Å². The van der Waals surface area contributed by atoms with Crippen molar-refractivity contribution in [1.82, 2.24) is 0 Å². The normalized spacial score (nSPS) is 37.7. The zero-order valence-corrected chi connectivity index (χ0v) is 10.7. The van der Waals surface area contributed by atoms with E-state index in [1.165, 1.54) is 12.8 Å². The maximum absolute atomic E-state index is 11.8. The molecule has 0 amide bonds. The average Bonchev–Trinajstić information content (AvgIpc) is 2.45. The van der Waals surface area contributed by atoms with E-state index >= 15 is 0 Å². The third kappa shape index (κ3) is 2.35. The van der Waals surface area contributed by atoms with Gasteiger partial charge in [0, 0.05) is 0 Å². The van der Waals surface area contributed by atoms with E-state index in [2.05, 4.69) is 20.8 Å². The molecule has 3 unspecified atom stereocenters. The van der Waals surface area contributed by atoms with Crippen molar-refractivity contribution in [3.8, 4) is 0 Å². The summed E-state index contributed by atoms with van der Waals surface area (Å²) < 4.78 is 5.74. The summed E-state index contributed by atoms with van der Waals surface area (Å²) in [4.78, 5) is 11.8. The van der Waals surface area contributed by atoms with Crippen LogP contribution < -0.4 is 0 Å². The van der Waals surface area contributed by atoms with E-state index in [1.807, 2.05) is 13.8 Å². The second-order valence-corrected chi connectivity index (χ2v) is 5.29. The minimum atomic E-state index is -0.236. The Morgan fingerprint density at radius 1 is 1.40 bits per heavy atom. The molecule has 1 aliphatic carbocycles. The van der Waals surface area contributed by atoms with Crippen LogP contribution in [0.1, 0.15) is 53.9 Å². The first-order chi connectivity index (χ1) is 6.91. The maximum atomic E-state index is 11.8. The third-order valence-electron chi connectivity index (χ3n) is 4.32. The van der Waals surface area contributed by atoms with Crippen molar-refractivity contribution in [3.63, 3.8) is 0 Å². The fraction of sp³-hybridized carbons (Fsp3) is 0.923. The summed E-state index contributed by atoms with van der Waals surface area (Å²) in [6.45, 7) is 10.4. The van der Waals surface area contributed by atoms with Gasteiger partial charge in [-0.3, -0.25) is 4.79 Å². The molecule has 1 saturated carbocycles. The number of esters is 1. The van der Waals surface area contributed by atoms with Gasteiger partial charge in [-0.25, -0.2) is 0 Å². The predicted octanol–water partition coefficient (Wildman–Crippen LogP) is 3.40. The molecule has 0 spiro atoms. The lowest BCUT2D eigenvalue weighted by Crippen LogP contribution is -2.40.